The molecule has 20 nitrogen and oxygen atoms in total. The number of anilines is 5. The van der Waals surface area contributed by atoms with Crippen molar-refractivity contribution in [2.45, 2.75) is 163 Å². The van der Waals surface area contributed by atoms with Crippen molar-refractivity contribution in [2.24, 2.45) is 22.9 Å². The fourth-order valence-corrected chi connectivity index (χ4v) is 17.7. The van der Waals surface area contributed by atoms with Crippen molar-refractivity contribution in [2.75, 3.05) is 70.9 Å². The van der Waals surface area contributed by atoms with E-state index in [1.165, 1.54) is 63.9 Å². The zero-order valence-corrected chi connectivity index (χ0v) is 73.6. The van der Waals surface area contributed by atoms with Crippen LogP contribution in [0.3, 0.4) is 0 Å². The molecule has 2 atom stereocenters. The molecular formula is C99H95F18N11O9. The Morgan fingerprint density at radius 1 is 0.358 bits per heavy atom. The summed E-state index contributed by atoms with van der Waals surface area (Å²) in [5.74, 6) is -1.94. The number of rotatable bonds is 20. The molecule has 7 aliphatic heterocycles. The number of hydrogen-bond acceptors (Lipinski definition) is 14. The Balaban J connectivity index is 0.000000145. The van der Waals surface area contributed by atoms with Crippen LogP contribution in [0.15, 0.2) is 212 Å². The van der Waals surface area contributed by atoms with Crippen molar-refractivity contribution in [3.63, 3.8) is 0 Å². The first-order valence-electron chi connectivity index (χ1n) is 43.4. The Morgan fingerprint density at radius 2 is 0.620 bits per heavy atom. The number of hydrogen-bond donors (Lipinski definition) is 8. The number of benzene rings is 10. The van der Waals surface area contributed by atoms with Gasteiger partial charge in [0.15, 0.2) is 5.41 Å². The summed E-state index contributed by atoms with van der Waals surface area (Å²) in [5.41, 5.74) is 22.9. The molecule has 2 fully saturated rings. The summed E-state index contributed by atoms with van der Waals surface area (Å²) in [6.45, 7) is 7.23. The van der Waals surface area contributed by atoms with Crippen LogP contribution in [0, 0.1) is 0 Å². The molecule has 0 radical (unpaired) electrons. The van der Waals surface area contributed by atoms with E-state index in [-0.39, 0.29) is 55.8 Å². The summed E-state index contributed by atoms with van der Waals surface area (Å²) in [6, 6.07) is 55.3. The Labute approximate surface area is 774 Å². The van der Waals surface area contributed by atoms with Gasteiger partial charge in [-0.1, -0.05) is 121 Å². The van der Waals surface area contributed by atoms with Gasteiger partial charge in [0.2, 0.25) is 29.5 Å². The third-order valence-electron chi connectivity index (χ3n) is 25.6. The molecule has 12 N–H and O–H groups in total. The van der Waals surface area contributed by atoms with Gasteiger partial charge in [-0.15, -0.1) is 0 Å². The number of nitrogens with two attached hydrogens (primary N) is 4. The van der Waals surface area contributed by atoms with Crippen molar-refractivity contribution in [3.8, 4) is 0 Å². The average molecular weight is 1920 g/mol. The molecule has 7 aliphatic rings. The molecule has 10 aromatic carbocycles. The van der Waals surface area contributed by atoms with E-state index in [0.29, 0.717) is 121 Å². The molecule has 38 heteroatoms. The van der Waals surface area contributed by atoms with E-state index in [0.717, 1.165) is 135 Å². The third kappa shape index (κ3) is 22.0. The van der Waals surface area contributed by atoms with Gasteiger partial charge in [0.1, 0.15) is 0 Å². The summed E-state index contributed by atoms with van der Waals surface area (Å²) in [5, 5.41) is 24.4. The molecule has 726 valence electrons. The summed E-state index contributed by atoms with van der Waals surface area (Å²) in [4.78, 5) is 78.7. The predicted molar refractivity (Wildman–Crippen MR) is 475 cm³/mol. The van der Waals surface area contributed by atoms with Crippen molar-refractivity contribution in [1.29, 1.82) is 0 Å². The number of carbonyl (C=O) groups excluding carboxylic acids is 6. The van der Waals surface area contributed by atoms with Crippen LogP contribution in [0.25, 0.3) is 0 Å². The first-order valence-corrected chi connectivity index (χ1v) is 43.4. The van der Waals surface area contributed by atoms with E-state index in [2.05, 4.69) is 69.0 Å². The molecule has 0 saturated carbocycles. The van der Waals surface area contributed by atoms with Gasteiger partial charge in [-0.3, -0.25) is 28.8 Å². The van der Waals surface area contributed by atoms with Crippen LogP contribution in [0.5, 0.6) is 0 Å². The minimum absolute atomic E-state index is 0.137. The molecule has 0 aliphatic carbocycles. The fourth-order valence-electron chi connectivity index (χ4n) is 17.7. The van der Waals surface area contributed by atoms with Gasteiger partial charge in [0.25, 0.3) is 17.1 Å². The summed E-state index contributed by atoms with van der Waals surface area (Å²) < 4.78 is 241. The second-order valence-electron chi connectivity index (χ2n) is 34.4. The number of nitrogens with one attached hydrogen (secondary N) is 2. The Morgan fingerprint density at radius 3 is 0.861 bits per heavy atom. The fraction of sp³-hybridized carbons (Fsp3) is 0.333. The predicted octanol–water partition coefficient (Wildman–Crippen LogP) is 17.8. The maximum atomic E-state index is 13.2. The van der Waals surface area contributed by atoms with E-state index in [1.807, 2.05) is 45.0 Å². The SMILES string of the molecule is CC(c1ccc(CN2CCc3cc(C(N)=O)ccc32)cc1)(C(F)(F)F)C(F)(F)F.CNC(=O)c1ccc2c(c1)CCN2Cc1ccc(C(O)(C(F)(F)F)C(F)(F)F)cc1.NC(=O)c1ccc2c(c1)CCN2Cc1ccc(C(O)(C(F)(F)F)C(F)(F)F)cc1.NC(=O)c1ccc2c(c1)CCN2Cc1ccc(C2CCC(=O)N2)cc1.NC(=O)c1ccc2c(c1)CCN2Cc1ccc(C2CCCO2)cc1. The van der Waals surface area contributed by atoms with Gasteiger partial charge in [0.05, 0.1) is 12.1 Å². The van der Waals surface area contributed by atoms with E-state index >= 15 is 0 Å². The summed E-state index contributed by atoms with van der Waals surface area (Å²) in [6.07, 6.45) is -26.7. The number of amides is 6. The monoisotopic (exact) mass is 1920 g/mol. The first-order chi connectivity index (χ1) is 64.4. The zero-order valence-electron chi connectivity index (χ0n) is 73.6. The lowest BCUT2D eigenvalue weighted by Gasteiger charge is -2.34. The number of ether oxygens (including phenoxy) is 1. The number of aliphatic hydroxyl groups is 2. The smallest absolute Gasteiger partial charge is 0.374 e. The van der Waals surface area contributed by atoms with Gasteiger partial charge >= 0.3 is 37.1 Å². The number of alkyl halides is 18. The average Bonchev–Trinajstić information content (AvgIpc) is 1.67. The quantitative estimate of drug-likeness (QED) is 0.0329. The molecule has 10 aromatic rings. The number of primary amides is 4. The molecule has 7 heterocycles. The number of halogens is 18. The lowest BCUT2D eigenvalue weighted by molar-refractivity contribution is -0.376. The van der Waals surface area contributed by atoms with E-state index < -0.39 is 82.2 Å². The van der Waals surface area contributed by atoms with E-state index in [9.17, 15) is 118 Å². The molecule has 17 rings (SSSR count). The zero-order chi connectivity index (χ0) is 99.5. The van der Waals surface area contributed by atoms with Crippen LogP contribution in [0.2, 0.25) is 0 Å². The lowest BCUT2D eigenvalue weighted by atomic mass is 9.80. The van der Waals surface area contributed by atoms with Crippen LogP contribution in [-0.2, 0) is 91.0 Å². The highest BCUT2D eigenvalue weighted by atomic mass is 19.4. The Bertz CT molecular complexity index is 5870. The van der Waals surface area contributed by atoms with E-state index in [1.54, 1.807) is 60.7 Å². The number of carbonyl (C=O) groups is 6. The van der Waals surface area contributed by atoms with Crippen molar-refractivity contribution in [1.82, 2.24) is 10.6 Å². The second-order valence-corrected chi connectivity index (χ2v) is 34.4. The summed E-state index contributed by atoms with van der Waals surface area (Å²) in [7, 11) is 1.52. The minimum atomic E-state index is -5.92. The van der Waals surface area contributed by atoms with Gasteiger partial charge in [-0.2, -0.15) is 79.0 Å². The first kappa shape index (κ1) is 101. The molecule has 2 saturated heterocycles. The standard InChI is InChI=1S/C20H18F6N2O2.C20H18F6N2O.C20H21N3O2.C20H22N2O2.C19H16F6N2O2/c1-27-17(29)14-4-7-16-13(10-14)8-9-28(16)11-12-2-5-15(6-3-12)18(30,19(21,22)23)20(24,25)26;1-18(19(21,22)23,20(24,25)26)15-5-2-12(3-6-15)11-28-9-8-13-10-14(17(27)29)4-7-16(13)28;21-20(25)16-5-7-18-15(11-16)9-10-23(18)12-13-1-3-14(4-2-13)17-6-8-19(24)22-17;21-20(23)17-7-8-18-16(12-17)9-10-22(18)13-14-3-5-15(6-4-14)19-2-1-11-24-19;20-18(21,22)17(29,19(23,24)25)14-4-1-11(2-5-14)10-27-8-7-12-9-13(16(26)28)3-6-15(12)27/h2-7,10,30H,8-9,11H2,1H3,(H,27,29);2-7,10H,8-9,11H2,1H3,(H2,27,29);1-5,7,11,17H,6,8-10,12H2,(H2,21,25)(H,22,24);3-8,12,19H,1-2,9-11,13H2,(H2,21,23);1-6,9,29H,7-8,10H2,(H2,26,28). The van der Waals surface area contributed by atoms with Gasteiger partial charge in [-0.25, -0.2) is 0 Å². The highest BCUT2D eigenvalue weighted by molar-refractivity contribution is 5.97. The molecule has 6 amide bonds. The van der Waals surface area contributed by atoms with Crippen molar-refractivity contribution < 1.29 is 123 Å². The molecule has 0 spiro atoms. The van der Waals surface area contributed by atoms with Gasteiger partial charge in [-0.05, 0) is 222 Å². The topological polar surface area (TPSA) is 296 Å². The Hall–Kier alpha value is -13.4. The van der Waals surface area contributed by atoms with Crippen molar-refractivity contribution >= 4 is 63.9 Å². The van der Waals surface area contributed by atoms with Crippen molar-refractivity contribution in [3.05, 3.63) is 324 Å². The third-order valence-corrected chi connectivity index (χ3v) is 25.6. The van der Waals surface area contributed by atoms with E-state index in [4.69, 9.17) is 27.7 Å². The second kappa shape index (κ2) is 40.1. The van der Waals surface area contributed by atoms with Gasteiger partial charge in [0, 0.05) is 153 Å². The Kier molecular flexibility index (Phi) is 29.6. The molecule has 137 heavy (non-hydrogen) atoms. The number of nitrogens with zero attached hydrogens (tertiary/aromatic N) is 5. The normalized spacial score (nSPS) is 16.3. The van der Waals surface area contributed by atoms with Crippen LogP contribution >= 0.6 is 0 Å². The number of fused-ring (bicyclic) bond motifs is 5. The van der Waals surface area contributed by atoms with Crippen LogP contribution in [-0.4, -0.2) is 129 Å². The minimum Gasteiger partial charge on any atom is -0.374 e. The van der Waals surface area contributed by atoms with Crippen LogP contribution < -0.4 is 58.1 Å². The molecular weight excluding hydrogens is 1830 g/mol. The largest absolute Gasteiger partial charge is 0.430 e. The molecule has 2 unspecified atom stereocenters. The van der Waals surface area contributed by atoms with Crippen LogP contribution in [0.1, 0.15) is 180 Å². The molecule has 0 bridgehead atoms. The lowest BCUT2D eigenvalue weighted by Crippen LogP contribution is -2.53. The maximum Gasteiger partial charge on any atom is 0.430 e. The highest BCUT2D eigenvalue weighted by Gasteiger charge is 2.73. The van der Waals surface area contributed by atoms with Gasteiger partial charge < -0.3 is 73.0 Å². The molecule has 0 aromatic heterocycles. The van der Waals surface area contributed by atoms with Crippen LogP contribution in [0.4, 0.5) is 107 Å². The highest BCUT2D eigenvalue weighted by Crippen LogP contribution is 2.54. The summed E-state index contributed by atoms with van der Waals surface area (Å²) >= 11 is 0. The maximum absolute atomic E-state index is 13.2.